The molecule has 26 heavy (non-hydrogen) atoms. The van der Waals surface area contributed by atoms with Crippen LogP contribution in [-0.2, 0) is 19.1 Å². The average molecular weight is 369 g/mol. The summed E-state index contributed by atoms with van der Waals surface area (Å²) in [5, 5.41) is 0. The molecular formula is C22H40O4. The minimum atomic E-state index is -0.481. The normalized spacial score (nSPS) is 11.0. The summed E-state index contributed by atoms with van der Waals surface area (Å²) in [6.45, 7) is 4.03. The van der Waals surface area contributed by atoms with Gasteiger partial charge in [-0.2, -0.15) is 0 Å². The van der Waals surface area contributed by atoms with Crippen LogP contribution in [0.2, 0.25) is 0 Å². The lowest BCUT2D eigenvalue weighted by atomic mass is 10.1. The molecule has 0 aromatic heterocycles. The summed E-state index contributed by atoms with van der Waals surface area (Å²) in [4.78, 5) is 22.5. The molecule has 0 saturated heterocycles. The average Bonchev–Trinajstić information content (AvgIpc) is 2.63. The Morgan fingerprint density at radius 3 is 1.77 bits per heavy atom. The SMILES string of the molecule is CCCCCCCC/C=C\CCCCCCCC(=O)OCC(=O)OCC. The Morgan fingerprint density at radius 1 is 0.654 bits per heavy atom. The van der Waals surface area contributed by atoms with Gasteiger partial charge in [0.25, 0.3) is 0 Å². The molecule has 0 saturated carbocycles. The largest absolute Gasteiger partial charge is 0.463 e. The van der Waals surface area contributed by atoms with Crippen LogP contribution in [0.4, 0.5) is 0 Å². The fourth-order valence-electron chi connectivity index (χ4n) is 2.75. The van der Waals surface area contributed by atoms with Gasteiger partial charge in [-0.3, -0.25) is 4.79 Å². The number of hydrogen-bond acceptors (Lipinski definition) is 4. The summed E-state index contributed by atoms with van der Waals surface area (Å²) in [5.41, 5.74) is 0. The molecule has 0 radical (unpaired) electrons. The number of unbranched alkanes of at least 4 members (excludes halogenated alkanes) is 11. The predicted molar refractivity (Wildman–Crippen MR) is 107 cm³/mol. The molecule has 0 aromatic carbocycles. The monoisotopic (exact) mass is 368 g/mol. The van der Waals surface area contributed by atoms with Gasteiger partial charge in [0.15, 0.2) is 6.61 Å². The van der Waals surface area contributed by atoms with Crippen LogP contribution in [-0.4, -0.2) is 25.2 Å². The molecule has 0 unspecified atom stereocenters. The fourth-order valence-corrected chi connectivity index (χ4v) is 2.75. The Balaban J connectivity index is 3.26. The smallest absolute Gasteiger partial charge is 0.344 e. The van der Waals surface area contributed by atoms with Gasteiger partial charge in [0.2, 0.25) is 0 Å². The highest BCUT2D eigenvalue weighted by molar-refractivity contribution is 5.76. The van der Waals surface area contributed by atoms with Gasteiger partial charge in [-0.05, 0) is 39.0 Å². The summed E-state index contributed by atoms with van der Waals surface area (Å²) in [7, 11) is 0. The van der Waals surface area contributed by atoms with E-state index in [2.05, 4.69) is 19.1 Å². The van der Waals surface area contributed by atoms with Crippen molar-refractivity contribution in [3.63, 3.8) is 0 Å². The van der Waals surface area contributed by atoms with E-state index in [0.29, 0.717) is 13.0 Å². The van der Waals surface area contributed by atoms with Crippen LogP contribution in [0.15, 0.2) is 12.2 Å². The molecule has 4 nitrogen and oxygen atoms in total. The number of hydrogen-bond donors (Lipinski definition) is 0. The molecule has 0 aromatic rings. The second-order valence-corrected chi connectivity index (χ2v) is 6.80. The highest BCUT2D eigenvalue weighted by atomic mass is 16.6. The van der Waals surface area contributed by atoms with Crippen molar-refractivity contribution in [2.24, 2.45) is 0 Å². The molecule has 0 N–H and O–H groups in total. The number of ether oxygens (including phenoxy) is 2. The van der Waals surface area contributed by atoms with Crippen molar-refractivity contribution in [1.29, 1.82) is 0 Å². The van der Waals surface area contributed by atoms with E-state index >= 15 is 0 Å². The van der Waals surface area contributed by atoms with Crippen molar-refractivity contribution in [3.8, 4) is 0 Å². The number of allylic oxidation sites excluding steroid dienone is 2. The van der Waals surface area contributed by atoms with Gasteiger partial charge in [-0.15, -0.1) is 0 Å². The van der Waals surface area contributed by atoms with Gasteiger partial charge in [-0.1, -0.05) is 70.4 Å². The zero-order chi connectivity index (χ0) is 19.3. The quantitative estimate of drug-likeness (QED) is 0.166. The molecule has 4 heteroatoms. The Hall–Kier alpha value is -1.32. The highest BCUT2D eigenvalue weighted by Gasteiger charge is 2.07. The second-order valence-electron chi connectivity index (χ2n) is 6.80. The standard InChI is InChI=1S/C22H40O4/c1-3-5-6-7-8-9-10-11-12-13-14-15-16-17-18-19-21(23)26-20-22(24)25-4-2/h11-12H,3-10,13-20H2,1-2H3/b12-11-. The zero-order valence-electron chi connectivity index (χ0n) is 17.1. The van der Waals surface area contributed by atoms with E-state index in [1.807, 2.05) is 0 Å². The van der Waals surface area contributed by atoms with Crippen molar-refractivity contribution in [2.45, 2.75) is 104 Å². The van der Waals surface area contributed by atoms with Crippen molar-refractivity contribution >= 4 is 11.9 Å². The molecule has 0 atom stereocenters. The number of carbonyl (C=O) groups is 2. The lowest BCUT2D eigenvalue weighted by Crippen LogP contribution is -2.16. The van der Waals surface area contributed by atoms with Gasteiger partial charge in [0, 0.05) is 6.42 Å². The first-order chi connectivity index (χ1) is 12.7. The molecule has 0 aliphatic rings. The lowest BCUT2D eigenvalue weighted by Gasteiger charge is -2.04. The Kier molecular flexibility index (Phi) is 19.0. The topological polar surface area (TPSA) is 52.6 Å². The van der Waals surface area contributed by atoms with Crippen molar-refractivity contribution in [3.05, 3.63) is 12.2 Å². The van der Waals surface area contributed by atoms with Gasteiger partial charge >= 0.3 is 11.9 Å². The maximum atomic E-state index is 11.4. The van der Waals surface area contributed by atoms with Crippen LogP contribution in [0.5, 0.6) is 0 Å². The Labute approximate surface area is 160 Å². The van der Waals surface area contributed by atoms with Crippen LogP contribution in [0, 0.1) is 0 Å². The van der Waals surface area contributed by atoms with Crippen molar-refractivity contribution < 1.29 is 19.1 Å². The van der Waals surface area contributed by atoms with E-state index < -0.39 is 5.97 Å². The maximum absolute atomic E-state index is 11.4. The van der Waals surface area contributed by atoms with Crippen LogP contribution in [0.3, 0.4) is 0 Å². The first-order valence-corrected chi connectivity index (χ1v) is 10.7. The first-order valence-electron chi connectivity index (χ1n) is 10.7. The third-order valence-electron chi connectivity index (χ3n) is 4.30. The van der Waals surface area contributed by atoms with Gasteiger partial charge in [-0.25, -0.2) is 4.79 Å². The van der Waals surface area contributed by atoms with E-state index in [4.69, 9.17) is 9.47 Å². The van der Waals surface area contributed by atoms with E-state index in [-0.39, 0.29) is 12.6 Å². The molecule has 152 valence electrons. The van der Waals surface area contributed by atoms with Gasteiger partial charge in [0.1, 0.15) is 0 Å². The van der Waals surface area contributed by atoms with Crippen LogP contribution < -0.4 is 0 Å². The molecule has 0 aliphatic carbocycles. The number of rotatable bonds is 18. The maximum Gasteiger partial charge on any atom is 0.344 e. The molecule has 0 bridgehead atoms. The van der Waals surface area contributed by atoms with Crippen LogP contribution >= 0.6 is 0 Å². The summed E-state index contributed by atoms with van der Waals surface area (Å²) in [6, 6.07) is 0. The summed E-state index contributed by atoms with van der Waals surface area (Å²) < 4.78 is 9.55. The molecular weight excluding hydrogens is 328 g/mol. The van der Waals surface area contributed by atoms with E-state index in [1.54, 1.807) is 6.92 Å². The third kappa shape index (κ3) is 19.0. The molecule has 0 spiro atoms. The lowest BCUT2D eigenvalue weighted by molar-refractivity contribution is -0.158. The molecule has 0 fully saturated rings. The predicted octanol–water partition coefficient (Wildman–Crippen LogP) is 6.13. The molecule has 0 rings (SSSR count). The summed E-state index contributed by atoms with van der Waals surface area (Å²) in [6.07, 6.45) is 21.0. The second kappa shape index (κ2) is 20.0. The highest BCUT2D eigenvalue weighted by Crippen LogP contribution is 2.10. The molecule has 0 heterocycles. The number of esters is 2. The van der Waals surface area contributed by atoms with E-state index in [9.17, 15) is 9.59 Å². The first kappa shape index (κ1) is 24.7. The van der Waals surface area contributed by atoms with Gasteiger partial charge in [0.05, 0.1) is 6.61 Å². The molecule has 0 aliphatic heterocycles. The molecule has 0 amide bonds. The van der Waals surface area contributed by atoms with E-state index in [0.717, 1.165) is 25.7 Å². The van der Waals surface area contributed by atoms with Crippen LogP contribution in [0.1, 0.15) is 104 Å². The third-order valence-corrected chi connectivity index (χ3v) is 4.30. The Morgan fingerprint density at radius 2 is 1.19 bits per heavy atom. The summed E-state index contributed by atoms with van der Waals surface area (Å²) in [5.74, 6) is -0.791. The van der Waals surface area contributed by atoms with Gasteiger partial charge < -0.3 is 9.47 Å². The number of carbonyl (C=O) groups excluding carboxylic acids is 2. The Bertz CT molecular complexity index is 363. The summed E-state index contributed by atoms with van der Waals surface area (Å²) >= 11 is 0. The van der Waals surface area contributed by atoms with Crippen LogP contribution in [0.25, 0.3) is 0 Å². The zero-order valence-corrected chi connectivity index (χ0v) is 17.1. The van der Waals surface area contributed by atoms with Crippen molar-refractivity contribution in [1.82, 2.24) is 0 Å². The minimum Gasteiger partial charge on any atom is -0.463 e. The minimum absolute atomic E-state index is 0.266. The van der Waals surface area contributed by atoms with E-state index in [1.165, 1.54) is 57.8 Å². The van der Waals surface area contributed by atoms with Crippen molar-refractivity contribution in [2.75, 3.05) is 13.2 Å². The fraction of sp³-hybridized carbons (Fsp3) is 0.818.